The zero-order valence-electron chi connectivity index (χ0n) is 16.0. The smallest absolute Gasteiger partial charge is 0.241 e. The number of carbonyl (C=O) groups is 1. The van der Waals surface area contributed by atoms with Gasteiger partial charge < -0.3 is 5.32 Å². The molecule has 7 heteroatoms. The number of rotatable bonds is 7. The standard InChI is InChI=1S/C20H25IN2O3S/c1-5-19(16-7-6-14(2)15(3)12-16)22-20(24)13-23(27(4,25)26)18-10-8-17(21)9-11-18/h6-12,19H,5,13H2,1-4H3,(H,22,24). The van der Waals surface area contributed by atoms with Crippen LogP contribution in [0.5, 0.6) is 0 Å². The minimum atomic E-state index is -3.58. The molecule has 1 amide bonds. The topological polar surface area (TPSA) is 66.5 Å². The molecule has 0 spiro atoms. The molecule has 0 bridgehead atoms. The van der Waals surface area contributed by atoms with E-state index in [4.69, 9.17) is 0 Å². The largest absolute Gasteiger partial charge is 0.348 e. The molecule has 1 atom stereocenters. The highest BCUT2D eigenvalue weighted by Gasteiger charge is 2.22. The number of nitrogens with one attached hydrogen (secondary N) is 1. The Hall–Kier alpha value is -1.61. The zero-order chi connectivity index (χ0) is 20.2. The summed E-state index contributed by atoms with van der Waals surface area (Å²) in [6, 6.07) is 13.0. The molecule has 2 rings (SSSR count). The lowest BCUT2D eigenvalue weighted by atomic mass is 9.99. The Morgan fingerprint density at radius 2 is 1.74 bits per heavy atom. The maximum atomic E-state index is 12.6. The Morgan fingerprint density at radius 3 is 2.26 bits per heavy atom. The summed E-state index contributed by atoms with van der Waals surface area (Å²) < 4.78 is 26.5. The van der Waals surface area contributed by atoms with Crippen LogP contribution in [0.25, 0.3) is 0 Å². The highest BCUT2D eigenvalue weighted by atomic mass is 127. The first kappa shape index (κ1) is 21.7. The molecule has 0 fully saturated rings. The molecule has 0 aliphatic rings. The van der Waals surface area contributed by atoms with Gasteiger partial charge in [0.1, 0.15) is 6.54 Å². The third kappa shape index (κ3) is 5.93. The highest BCUT2D eigenvalue weighted by molar-refractivity contribution is 14.1. The van der Waals surface area contributed by atoms with E-state index in [1.807, 2.05) is 45.0 Å². The van der Waals surface area contributed by atoms with Crippen LogP contribution in [-0.2, 0) is 14.8 Å². The number of aryl methyl sites for hydroxylation is 2. The summed E-state index contributed by atoms with van der Waals surface area (Å²) in [6.45, 7) is 5.83. The molecule has 0 radical (unpaired) electrons. The summed E-state index contributed by atoms with van der Waals surface area (Å²) in [5.74, 6) is -0.330. The van der Waals surface area contributed by atoms with E-state index < -0.39 is 10.0 Å². The molecular formula is C20H25IN2O3S. The third-order valence-electron chi connectivity index (χ3n) is 4.48. The second kappa shape index (κ2) is 9.05. The van der Waals surface area contributed by atoms with Crippen molar-refractivity contribution >= 4 is 44.2 Å². The summed E-state index contributed by atoms with van der Waals surface area (Å²) in [4.78, 5) is 12.6. The minimum absolute atomic E-state index is 0.157. The van der Waals surface area contributed by atoms with Crippen LogP contribution in [0.1, 0.15) is 36.1 Å². The van der Waals surface area contributed by atoms with E-state index in [-0.39, 0.29) is 18.5 Å². The van der Waals surface area contributed by atoms with Gasteiger partial charge in [-0.15, -0.1) is 0 Å². The van der Waals surface area contributed by atoms with Crippen LogP contribution < -0.4 is 9.62 Å². The molecule has 27 heavy (non-hydrogen) atoms. The van der Waals surface area contributed by atoms with Crippen molar-refractivity contribution in [1.82, 2.24) is 5.32 Å². The van der Waals surface area contributed by atoms with E-state index in [1.165, 1.54) is 5.56 Å². The van der Waals surface area contributed by atoms with Gasteiger partial charge in [-0.2, -0.15) is 0 Å². The van der Waals surface area contributed by atoms with Gasteiger partial charge in [-0.3, -0.25) is 9.10 Å². The van der Waals surface area contributed by atoms with Gasteiger partial charge >= 0.3 is 0 Å². The number of nitrogens with zero attached hydrogens (tertiary/aromatic N) is 1. The SMILES string of the molecule is CCC(NC(=O)CN(c1ccc(I)cc1)S(C)(=O)=O)c1ccc(C)c(C)c1. The number of anilines is 1. The molecule has 2 aromatic carbocycles. The molecule has 1 unspecified atom stereocenters. The fraction of sp³-hybridized carbons (Fsp3) is 0.350. The second-order valence-electron chi connectivity index (χ2n) is 6.62. The van der Waals surface area contributed by atoms with Crippen molar-refractivity contribution in [3.8, 4) is 0 Å². The Balaban J connectivity index is 2.19. The fourth-order valence-electron chi connectivity index (χ4n) is 2.78. The number of amides is 1. The average Bonchev–Trinajstić information content (AvgIpc) is 2.60. The molecule has 0 aliphatic carbocycles. The van der Waals surface area contributed by atoms with E-state index in [0.717, 1.165) is 31.7 Å². The Labute approximate surface area is 175 Å². The highest BCUT2D eigenvalue weighted by Crippen LogP contribution is 2.21. The number of halogens is 1. The molecule has 5 nitrogen and oxygen atoms in total. The second-order valence-corrected chi connectivity index (χ2v) is 9.77. The lowest BCUT2D eigenvalue weighted by Crippen LogP contribution is -2.41. The van der Waals surface area contributed by atoms with Gasteiger partial charge in [-0.05, 0) is 83.8 Å². The van der Waals surface area contributed by atoms with E-state index in [2.05, 4.69) is 34.0 Å². The van der Waals surface area contributed by atoms with Gasteiger partial charge in [0.25, 0.3) is 0 Å². The Kier molecular flexibility index (Phi) is 7.27. The van der Waals surface area contributed by atoms with Crippen molar-refractivity contribution in [2.45, 2.75) is 33.2 Å². The van der Waals surface area contributed by atoms with Gasteiger partial charge in [0.2, 0.25) is 15.9 Å². The zero-order valence-corrected chi connectivity index (χ0v) is 19.0. The van der Waals surface area contributed by atoms with E-state index >= 15 is 0 Å². The molecule has 0 heterocycles. The molecular weight excluding hydrogens is 475 g/mol. The van der Waals surface area contributed by atoms with Crippen LogP contribution in [0.3, 0.4) is 0 Å². The number of benzene rings is 2. The van der Waals surface area contributed by atoms with Crippen LogP contribution in [-0.4, -0.2) is 27.1 Å². The van der Waals surface area contributed by atoms with Gasteiger partial charge in [-0.25, -0.2) is 8.42 Å². The van der Waals surface area contributed by atoms with Crippen LogP contribution >= 0.6 is 22.6 Å². The molecule has 0 aromatic heterocycles. The quantitative estimate of drug-likeness (QED) is 0.586. The molecule has 0 aliphatic heterocycles. The Bertz CT molecular complexity index is 911. The maximum Gasteiger partial charge on any atom is 0.241 e. The van der Waals surface area contributed by atoms with Crippen LogP contribution in [0.15, 0.2) is 42.5 Å². The summed E-state index contributed by atoms with van der Waals surface area (Å²) in [7, 11) is -3.58. The van der Waals surface area contributed by atoms with Crippen molar-refractivity contribution < 1.29 is 13.2 Å². The lowest BCUT2D eigenvalue weighted by molar-refractivity contribution is -0.120. The monoisotopic (exact) mass is 500 g/mol. The number of hydrogen-bond acceptors (Lipinski definition) is 3. The first-order valence-corrected chi connectivity index (χ1v) is 11.6. The predicted molar refractivity (Wildman–Crippen MR) is 118 cm³/mol. The predicted octanol–water partition coefficient (Wildman–Crippen LogP) is 3.94. The first-order valence-electron chi connectivity index (χ1n) is 8.71. The summed E-state index contributed by atoms with van der Waals surface area (Å²) >= 11 is 2.15. The minimum Gasteiger partial charge on any atom is -0.348 e. The molecule has 146 valence electrons. The molecule has 2 aromatic rings. The summed E-state index contributed by atoms with van der Waals surface area (Å²) in [6.07, 6.45) is 1.83. The fourth-order valence-corrected chi connectivity index (χ4v) is 4.00. The van der Waals surface area contributed by atoms with Gasteiger partial charge in [-0.1, -0.05) is 25.1 Å². The van der Waals surface area contributed by atoms with Crippen molar-refractivity contribution in [1.29, 1.82) is 0 Å². The number of carbonyl (C=O) groups excluding carboxylic acids is 1. The van der Waals surface area contributed by atoms with Gasteiger partial charge in [0.05, 0.1) is 18.0 Å². The van der Waals surface area contributed by atoms with Crippen LogP contribution in [0.2, 0.25) is 0 Å². The van der Waals surface area contributed by atoms with Crippen LogP contribution in [0.4, 0.5) is 5.69 Å². The molecule has 0 saturated heterocycles. The van der Waals surface area contributed by atoms with Crippen LogP contribution in [0, 0.1) is 17.4 Å². The summed E-state index contributed by atoms with van der Waals surface area (Å²) in [5, 5.41) is 2.97. The van der Waals surface area contributed by atoms with Crippen molar-refractivity contribution in [2.75, 3.05) is 17.1 Å². The van der Waals surface area contributed by atoms with Gasteiger partial charge in [0.15, 0.2) is 0 Å². The normalized spacial score (nSPS) is 12.5. The van der Waals surface area contributed by atoms with Gasteiger partial charge in [0, 0.05) is 3.57 Å². The van der Waals surface area contributed by atoms with Crippen molar-refractivity contribution in [3.63, 3.8) is 0 Å². The average molecular weight is 500 g/mol. The Morgan fingerprint density at radius 1 is 1.11 bits per heavy atom. The molecule has 0 saturated carbocycles. The number of hydrogen-bond donors (Lipinski definition) is 1. The van der Waals surface area contributed by atoms with Crippen molar-refractivity contribution in [3.05, 3.63) is 62.7 Å². The van der Waals surface area contributed by atoms with E-state index in [0.29, 0.717) is 5.69 Å². The third-order valence-corrected chi connectivity index (χ3v) is 6.34. The van der Waals surface area contributed by atoms with E-state index in [1.54, 1.807) is 12.1 Å². The molecule has 1 N–H and O–H groups in total. The first-order chi connectivity index (χ1) is 12.6. The lowest BCUT2D eigenvalue weighted by Gasteiger charge is -2.24. The van der Waals surface area contributed by atoms with Crippen molar-refractivity contribution in [2.24, 2.45) is 0 Å². The maximum absolute atomic E-state index is 12.6. The number of sulfonamides is 1. The van der Waals surface area contributed by atoms with E-state index in [9.17, 15) is 13.2 Å². The summed E-state index contributed by atoms with van der Waals surface area (Å²) in [5.41, 5.74) is 3.86.